The van der Waals surface area contributed by atoms with Gasteiger partial charge >= 0.3 is 0 Å². The van der Waals surface area contributed by atoms with E-state index >= 15 is 0 Å². The van der Waals surface area contributed by atoms with Gasteiger partial charge in [-0.05, 0) is 49.4 Å². The summed E-state index contributed by atoms with van der Waals surface area (Å²) < 4.78 is 1.38. The van der Waals surface area contributed by atoms with Gasteiger partial charge in [0, 0.05) is 54.9 Å². The number of hydrogen-bond donors (Lipinski definition) is 1. The molecule has 26 heavy (non-hydrogen) atoms. The Morgan fingerprint density at radius 2 is 1.96 bits per heavy atom. The van der Waals surface area contributed by atoms with E-state index in [-0.39, 0.29) is 5.91 Å². The largest absolute Gasteiger partial charge is 0.368 e. The van der Waals surface area contributed by atoms with Crippen LogP contribution in [0.1, 0.15) is 39.0 Å². The number of nitrogens with one attached hydrogen (secondary N) is 1. The average molecular weight is 374 g/mol. The van der Waals surface area contributed by atoms with E-state index in [4.69, 9.17) is 0 Å². The first-order valence-corrected chi connectivity index (χ1v) is 10.9. The van der Waals surface area contributed by atoms with E-state index in [9.17, 15) is 4.79 Å². The lowest BCUT2D eigenvalue weighted by Crippen LogP contribution is -2.46. The van der Waals surface area contributed by atoms with Gasteiger partial charge in [0.25, 0.3) is 0 Å². The maximum atomic E-state index is 11.6. The van der Waals surface area contributed by atoms with E-state index < -0.39 is 0 Å². The number of anilines is 1. The van der Waals surface area contributed by atoms with E-state index in [1.807, 2.05) is 11.3 Å². The van der Waals surface area contributed by atoms with Gasteiger partial charge in [-0.1, -0.05) is 19.4 Å². The van der Waals surface area contributed by atoms with Gasteiger partial charge in [-0.2, -0.15) is 0 Å². The highest BCUT2D eigenvalue weighted by molar-refractivity contribution is 7.17. The van der Waals surface area contributed by atoms with Crippen molar-refractivity contribution < 1.29 is 4.79 Å². The topological polar surface area (TPSA) is 35.6 Å². The highest BCUT2D eigenvalue weighted by Crippen LogP contribution is 2.31. The molecule has 2 aromatic rings. The fourth-order valence-electron chi connectivity index (χ4n) is 3.58. The third kappa shape index (κ3) is 5.21. The van der Waals surface area contributed by atoms with Crippen LogP contribution in [0.15, 0.2) is 29.6 Å². The number of nitrogens with zero attached hydrogens (tertiary/aromatic N) is 2. The molecule has 4 nitrogen and oxygen atoms in total. The smallest absolute Gasteiger partial charge is 0.219 e. The van der Waals surface area contributed by atoms with Gasteiger partial charge in [-0.25, -0.2) is 0 Å². The lowest BCUT2D eigenvalue weighted by Gasteiger charge is -2.36. The van der Waals surface area contributed by atoms with Gasteiger partial charge < -0.3 is 10.2 Å². The molecule has 1 aliphatic heterocycles. The van der Waals surface area contributed by atoms with E-state index in [2.05, 4.69) is 51.7 Å². The number of piperazine rings is 1. The van der Waals surface area contributed by atoms with E-state index in [0.717, 1.165) is 65.0 Å². The molecule has 0 radical (unpaired) electrons. The number of unbranched alkanes of at least 4 members (excludes halogenated alkanes) is 2. The van der Waals surface area contributed by atoms with Crippen LogP contribution in [0.5, 0.6) is 0 Å². The summed E-state index contributed by atoms with van der Waals surface area (Å²) in [5, 5.41) is 6.61. The van der Waals surface area contributed by atoms with Gasteiger partial charge in [0.2, 0.25) is 5.91 Å². The Bertz CT molecular complexity index is 691. The normalized spacial score (nSPS) is 15.5. The van der Waals surface area contributed by atoms with Gasteiger partial charge in [0.1, 0.15) is 0 Å². The van der Waals surface area contributed by atoms with E-state index in [0.29, 0.717) is 6.42 Å². The number of carbonyl (C=O) groups excluding carboxylic acids is 1. The number of fused-ring (bicyclic) bond motifs is 1. The summed E-state index contributed by atoms with van der Waals surface area (Å²) in [6.45, 7) is 8.54. The van der Waals surface area contributed by atoms with Gasteiger partial charge in [0.05, 0.1) is 0 Å². The number of amides is 1. The van der Waals surface area contributed by atoms with Crippen molar-refractivity contribution in [2.24, 2.45) is 0 Å². The highest BCUT2D eigenvalue weighted by Gasteiger charge is 2.18. The lowest BCUT2D eigenvalue weighted by atomic mass is 10.1. The van der Waals surface area contributed by atoms with Crippen molar-refractivity contribution in [3.05, 3.63) is 29.6 Å². The Hall–Kier alpha value is -1.59. The maximum absolute atomic E-state index is 11.6. The van der Waals surface area contributed by atoms with Crippen molar-refractivity contribution in [2.45, 2.75) is 39.0 Å². The standard InChI is InChI=1S/C21H31N3OS/c1-2-3-9-21(25)22-11-4-5-12-23-13-15-24(16-14-23)19-7-6-8-20-18(19)10-17-26-20/h6-8,10,17H,2-5,9,11-16H2,1H3,(H,22,25). The second kappa shape index (κ2) is 9.93. The van der Waals surface area contributed by atoms with E-state index in [1.165, 1.54) is 15.8 Å². The SMILES string of the molecule is CCCCC(=O)NCCCCN1CCN(c2cccc3sccc23)CC1. The van der Waals surface area contributed by atoms with E-state index in [1.54, 1.807) is 0 Å². The molecule has 1 amide bonds. The number of benzene rings is 1. The molecule has 0 atom stereocenters. The number of rotatable bonds is 9. The number of carbonyl (C=O) groups is 1. The van der Waals surface area contributed by atoms with Crippen LogP contribution in [0.4, 0.5) is 5.69 Å². The molecule has 1 N–H and O–H groups in total. The maximum Gasteiger partial charge on any atom is 0.219 e. The van der Waals surface area contributed by atoms with Crippen molar-refractivity contribution in [2.75, 3.05) is 44.2 Å². The molecule has 1 aliphatic rings. The summed E-state index contributed by atoms with van der Waals surface area (Å²) in [7, 11) is 0. The molecule has 5 heteroatoms. The molecule has 0 unspecified atom stereocenters. The fourth-order valence-corrected chi connectivity index (χ4v) is 4.39. The Balaban J connectivity index is 1.34. The molecule has 1 aromatic heterocycles. The second-order valence-electron chi connectivity index (χ2n) is 7.10. The summed E-state index contributed by atoms with van der Waals surface area (Å²) in [6.07, 6.45) is 4.99. The average Bonchev–Trinajstić information content (AvgIpc) is 3.15. The molecule has 0 saturated carbocycles. The van der Waals surface area contributed by atoms with Crippen LogP contribution in [0, 0.1) is 0 Å². The first-order chi connectivity index (χ1) is 12.8. The number of hydrogen-bond acceptors (Lipinski definition) is 4. The van der Waals surface area contributed by atoms with Crippen molar-refractivity contribution >= 4 is 33.0 Å². The molecule has 0 spiro atoms. The second-order valence-corrected chi connectivity index (χ2v) is 8.05. The third-order valence-electron chi connectivity index (χ3n) is 5.17. The quantitative estimate of drug-likeness (QED) is 0.672. The molecule has 1 aromatic carbocycles. The zero-order chi connectivity index (χ0) is 18.2. The lowest BCUT2D eigenvalue weighted by molar-refractivity contribution is -0.121. The predicted molar refractivity (Wildman–Crippen MR) is 112 cm³/mol. The summed E-state index contributed by atoms with van der Waals surface area (Å²) in [4.78, 5) is 16.7. The fraction of sp³-hybridized carbons (Fsp3) is 0.571. The predicted octanol–water partition coefficient (Wildman–Crippen LogP) is 4.11. The Labute approximate surface area is 161 Å². The zero-order valence-corrected chi connectivity index (χ0v) is 16.7. The van der Waals surface area contributed by atoms with Crippen LogP contribution in [-0.2, 0) is 4.79 Å². The summed E-state index contributed by atoms with van der Waals surface area (Å²) >= 11 is 1.82. The van der Waals surface area contributed by atoms with Crippen molar-refractivity contribution in [3.8, 4) is 0 Å². The Morgan fingerprint density at radius 1 is 1.12 bits per heavy atom. The summed E-state index contributed by atoms with van der Waals surface area (Å²) in [5.41, 5.74) is 1.39. The van der Waals surface area contributed by atoms with Gasteiger partial charge in [-0.3, -0.25) is 9.69 Å². The minimum absolute atomic E-state index is 0.211. The molecule has 142 valence electrons. The van der Waals surface area contributed by atoms with Crippen LogP contribution in [0.25, 0.3) is 10.1 Å². The minimum atomic E-state index is 0.211. The van der Waals surface area contributed by atoms with Crippen LogP contribution >= 0.6 is 11.3 Å². The minimum Gasteiger partial charge on any atom is -0.368 e. The monoisotopic (exact) mass is 373 g/mol. The van der Waals surface area contributed by atoms with Crippen LogP contribution < -0.4 is 10.2 Å². The molecular formula is C21H31N3OS. The first-order valence-electron chi connectivity index (χ1n) is 9.98. The molecule has 3 rings (SSSR count). The van der Waals surface area contributed by atoms with Gasteiger partial charge in [-0.15, -0.1) is 11.3 Å². The van der Waals surface area contributed by atoms with Crippen LogP contribution in [0.3, 0.4) is 0 Å². The van der Waals surface area contributed by atoms with Crippen molar-refractivity contribution in [1.29, 1.82) is 0 Å². The molecule has 0 aliphatic carbocycles. The highest BCUT2D eigenvalue weighted by atomic mass is 32.1. The number of thiophene rings is 1. The molecular weight excluding hydrogens is 342 g/mol. The molecule has 0 bridgehead atoms. The molecule has 2 heterocycles. The molecule has 1 fully saturated rings. The summed E-state index contributed by atoms with van der Waals surface area (Å²) in [6, 6.07) is 8.89. The Morgan fingerprint density at radius 3 is 2.77 bits per heavy atom. The zero-order valence-electron chi connectivity index (χ0n) is 15.9. The summed E-state index contributed by atoms with van der Waals surface area (Å²) in [5.74, 6) is 0.211. The van der Waals surface area contributed by atoms with Crippen LogP contribution in [-0.4, -0.2) is 50.1 Å². The molecule has 1 saturated heterocycles. The van der Waals surface area contributed by atoms with Gasteiger partial charge in [0.15, 0.2) is 0 Å². The first kappa shape index (κ1) is 19.2. The van der Waals surface area contributed by atoms with Crippen LogP contribution in [0.2, 0.25) is 0 Å². The Kier molecular flexibility index (Phi) is 7.32. The van der Waals surface area contributed by atoms with Crippen molar-refractivity contribution in [3.63, 3.8) is 0 Å². The third-order valence-corrected chi connectivity index (χ3v) is 6.05. The van der Waals surface area contributed by atoms with Crippen molar-refractivity contribution in [1.82, 2.24) is 10.2 Å².